The number of hydrogen-bond acceptors (Lipinski definition) is 3. The van der Waals surface area contributed by atoms with Crippen LogP contribution in [0.15, 0.2) is 71.6 Å². The first-order chi connectivity index (χ1) is 12.9. The third-order valence-electron chi connectivity index (χ3n) is 5.24. The highest BCUT2D eigenvalue weighted by Gasteiger charge is 2.35. The van der Waals surface area contributed by atoms with Gasteiger partial charge in [-0.15, -0.1) is 0 Å². The van der Waals surface area contributed by atoms with Crippen LogP contribution in [0, 0.1) is 18.8 Å². The van der Waals surface area contributed by atoms with E-state index in [1.54, 1.807) is 12.1 Å². The summed E-state index contributed by atoms with van der Waals surface area (Å²) in [4.78, 5) is 12.9. The first-order valence-electron chi connectivity index (χ1n) is 9.21. The molecule has 1 aliphatic rings. The Bertz CT molecular complexity index is 918. The normalized spacial score (nSPS) is 19.6. The number of aryl methyl sites for hydroxylation is 1. The van der Waals surface area contributed by atoms with Crippen molar-refractivity contribution in [2.75, 3.05) is 11.1 Å². The topological polar surface area (TPSA) is 63.2 Å². The Morgan fingerprint density at radius 1 is 1.07 bits per heavy atom. The SMILES string of the molecule is C=C(C(=O)Nc1ccccc1)C1CCCC1CS(=O)(=O)c1ccc(C)cc1. The van der Waals surface area contributed by atoms with Gasteiger partial charge in [0.1, 0.15) is 0 Å². The number of amides is 1. The lowest BCUT2D eigenvalue weighted by Crippen LogP contribution is -2.26. The largest absolute Gasteiger partial charge is 0.322 e. The van der Waals surface area contributed by atoms with Gasteiger partial charge in [-0.2, -0.15) is 0 Å². The number of hydrogen-bond donors (Lipinski definition) is 1. The molecule has 0 aliphatic heterocycles. The molecular weight excluding hydrogens is 358 g/mol. The predicted octanol–water partition coefficient (Wildman–Crippen LogP) is 4.38. The quantitative estimate of drug-likeness (QED) is 0.753. The molecule has 2 aromatic carbocycles. The molecular formula is C22H25NO3S. The minimum absolute atomic E-state index is 0.0539. The van der Waals surface area contributed by atoms with Gasteiger partial charge in [0, 0.05) is 11.3 Å². The van der Waals surface area contributed by atoms with Crippen molar-refractivity contribution < 1.29 is 13.2 Å². The van der Waals surface area contributed by atoms with E-state index in [2.05, 4.69) is 11.9 Å². The Balaban J connectivity index is 1.70. The zero-order chi connectivity index (χ0) is 19.4. The summed E-state index contributed by atoms with van der Waals surface area (Å²) in [7, 11) is -3.38. The average Bonchev–Trinajstić information content (AvgIpc) is 3.09. The van der Waals surface area contributed by atoms with Gasteiger partial charge in [-0.1, -0.05) is 48.9 Å². The van der Waals surface area contributed by atoms with Crippen molar-refractivity contribution in [3.05, 3.63) is 72.3 Å². The summed E-state index contributed by atoms with van der Waals surface area (Å²) >= 11 is 0. The van der Waals surface area contributed by atoms with Gasteiger partial charge in [-0.25, -0.2) is 8.42 Å². The Kier molecular flexibility index (Phi) is 5.80. The Labute approximate surface area is 161 Å². The molecule has 0 heterocycles. The summed E-state index contributed by atoms with van der Waals surface area (Å²) in [6.45, 7) is 5.92. The summed E-state index contributed by atoms with van der Waals surface area (Å²) < 4.78 is 25.6. The van der Waals surface area contributed by atoms with Gasteiger partial charge in [-0.3, -0.25) is 4.79 Å². The van der Waals surface area contributed by atoms with Crippen LogP contribution in [-0.2, 0) is 14.6 Å². The maximum Gasteiger partial charge on any atom is 0.251 e. The Morgan fingerprint density at radius 2 is 1.74 bits per heavy atom. The summed E-state index contributed by atoms with van der Waals surface area (Å²) in [6.07, 6.45) is 2.51. The molecule has 1 aliphatic carbocycles. The van der Waals surface area contributed by atoms with E-state index in [1.165, 1.54) is 0 Å². The van der Waals surface area contributed by atoms with E-state index in [-0.39, 0.29) is 23.5 Å². The molecule has 2 unspecified atom stereocenters. The number of benzene rings is 2. The van der Waals surface area contributed by atoms with E-state index in [1.807, 2.05) is 49.4 Å². The van der Waals surface area contributed by atoms with Crippen LogP contribution in [0.1, 0.15) is 24.8 Å². The van der Waals surface area contributed by atoms with Crippen LogP contribution in [-0.4, -0.2) is 20.1 Å². The van der Waals surface area contributed by atoms with Gasteiger partial charge in [0.2, 0.25) is 0 Å². The minimum Gasteiger partial charge on any atom is -0.322 e. The first kappa shape index (κ1) is 19.4. The average molecular weight is 384 g/mol. The summed E-state index contributed by atoms with van der Waals surface area (Å²) in [6, 6.07) is 16.2. The fourth-order valence-corrected chi connectivity index (χ4v) is 5.43. The highest BCUT2D eigenvalue weighted by Crippen LogP contribution is 2.38. The van der Waals surface area contributed by atoms with Crippen LogP contribution in [0.5, 0.6) is 0 Å². The van der Waals surface area contributed by atoms with E-state index < -0.39 is 9.84 Å². The molecule has 0 bridgehead atoms. The zero-order valence-corrected chi connectivity index (χ0v) is 16.3. The lowest BCUT2D eigenvalue weighted by atomic mass is 9.90. The molecule has 1 amide bonds. The molecule has 27 heavy (non-hydrogen) atoms. The number of para-hydroxylation sites is 1. The molecule has 142 valence electrons. The fourth-order valence-electron chi connectivity index (χ4n) is 3.72. The van der Waals surface area contributed by atoms with E-state index >= 15 is 0 Å². The standard InChI is InChI=1S/C22H25NO3S/c1-16-11-13-20(14-12-16)27(25,26)15-18-7-6-10-21(18)17(2)22(24)23-19-8-4-3-5-9-19/h3-5,8-9,11-14,18,21H,2,6-7,10,15H2,1H3,(H,23,24). The maximum absolute atomic E-state index is 12.8. The molecule has 1 saturated carbocycles. The van der Waals surface area contributed by atoms with Crippen molar-refractivity contribution in [2.45, 2.75) is 31.1 Å². The van der Waals surface area contributed by atoms with Gasteiger partial charge >= 0.3 is 0 Å². The number of anilines is 1. The molecule has 1 fully saturated rings. The number of carbonyl (C=O) groups excluding carboxylic acids is 1. The molecule has 5 heteroatoms. The van der Waals surface area contributed by atoms with Crippen molar-refractivity contribution in [1.82, 2.24) is 0 Å². The molecule has 3 rings (SSSR count). The number of rotatable bonds is 6. The van der Waals surface area contributed by atoms with Crippen molar-refractivity contribution in [1.29, 1.82) is 0 Å². The van der Waals surface area contributed by atoms with Gasteiger partial charge in [-0.05, 0) is 55.9 Å². The van der Waals surface area contributed by atoms with Crippen LogP contribution in [0.25, 0.3) is 0 Å². The number of carbonyl (C=O) groups is 1. The Hall–Kier alpha value is -2.40. The minimum atomic E-state index is -3.38. The molecule has 0 saturated heterocycles. The summed E-state index contributed by atoms with van der Waals surface area (Å²) in [5, 5.41) is 2.85. The second kappa shape index (κ2) is 8.09. The van der Waals surface area contributed by atoms with E-state index in [4.69, 9.17) is 0 Å². The predicted molar refractivity (Wildman–Crippen MR) is 108 cm³/mol. The lowest BCUT2D eigenvalue weighted by Gasteiger charge is -2.21. The molecule has 2 aromatic rings. The summed E-state index contributed by atoms with van der Waals surface area (Å²) in [5.41, 5.74) is 2.21. The van der Waals surface area contributed by atoms with Crippen LogP contribution >= 0.6 is 0 Å². The molecule has 0 radical (unpaired) electrons. The summed E-state index contributed by atoms with van der Waals surface area (Å²) in [5.74, 6) is -0.358. The third-order valence-corrected chi connectivity index (χ3v) is 7.10. The number of nitrogens with one attached hydrogen (secondary N) is 1. The Morgan fingerprint density at radius 3 is 2.41 bits per heavy atom. The monoisotopic (exact) mass is 383 g/mol. The third kappa shape index (κ3) is 4.66. The van der Waals surface area contributed by atoms with Crippen molar-refractivity contribution in [2.24, 2.45) is 11.8 Å². The molecule has 0 aromatic heterocycles. The van der Waals surface area contributed by atoms with Gasteiger partial charge in [0.15, 0.2) is 9.84 Å². The van der Waals surface area contributed by atoms with Gasteiger partial charge in [0.25, 0.3) is 5.91 Å². The second-order valence-electron chi connectivity index (χ2n) is 7.24. The van der Waals surface area contributed by atoms with Crippen LogP contribution in [0.2, 0.25) is 0 Å². The molecule has 1 N–H and O–H groups in total. The van der Waals surface area contributed by atoms with E-state index in [9.17, 15) is 13.2 Å². The lowest BCUT2D eigenvalue weighted by molar-refractivity contribution is -0.113. The van der Waals surface area contributed by atoms with E-state index in [0.717, 1.165) is 24.8 Å². The van der Waals surface area contributed by atoms with Crippen LogP contribution < -0.4 is 5.32 Å². The van der Waals surface area contributed by atoms with Crippen LogP contribution in [0.4, 0.5) is 5.69 Å². The van der Waals surface area contributed by atoms with Crippen LogP contribution in [0.3, 0.4) is 0 Å². The second-order valence-corrected chi connectivity index (χ2v) is 9.27. The number of sulfone groups is 1. The zero-order valence-electron chi connectivity index (χ0n) is 15.5. The smallest absolute Gasteiger partial charge is 0.251 e. The van der Waals surface area contributed by atoms with Crippen molar-refractivity contribution in [3.8, 4) is 0 Å². The molecule has 2 atom stereocenters. The molecule has 4 nitrogen and oxygen atoms in total. The van der Waals surface area contributed by atoms with Crippen molar-refractivity contribution in [3.63, 3.8) is 0 Å². The first-order valence-corrected chi connectivity index (χ1v) is 10.9. The van der Waals surface area contributed by atoms with Crippen molar-refractivity contribution >= 4 is 21.4 Å². The molecule has 0 spiro atoms. The highest BCUT2D eigenvalue weighted by atomic mass is 32.2. The maximum atomic E-state index is 12.8. The van der Waals surface area contributed by atoms with Gasteiger partial charge in [0.05, 0.1) is 10.6 Å². The highest BCUT2D eigenvalue weighted by molar-refractivity contribution is 7.91. The van der Waals surface area contributed by atoms with Gasteiger partial charge < -0.3 is 5.32 Å². The fraction of sp³-hybridized carbons (Fsp3) is 0.318. The van der Waals surface area contributed by atoms with E-state index in [0.29, 0.717) is 16.2 Å².